The number of hydrogen-bond acceptors (Lipinski definition) is 3. The molecule has 0 aromatic heterocycles. The number of halogens is 1. The summed E-state index contributed by atoms with van der Waals surface area (Å²) in [5.74, 6) is 0.862. The maximum absolute atomic E-state index is 5.77. The average Bonchev–Trinajstić information content (AvgIpc) is 2.30. The van der Waals surface area contributed by atoms with Crippen LogP contribution in [0.25, 0.3) is 0 Å². The topological polar surface area (TPSA) is 30.5 Å². The van der Waals surface area contributed by atoms with E-state index in [-0.39, 0.29) is 0 Å². The molecule has 3 nitrogen and oxygen atoms in total. The molecule has 1 aromatic carbocycles. The molecule has 0 unspecified atom stereocenters. The summed E-state index contributed by atoms with van der Waals surface area (Å²) in [6.45, 7) is 3.29. The van der Waals surface area contributed by atoms with Gasteiger partial charge in [-0.05, 0) is 37.2 Å². The third-order valence-corrected chi connectivity index (χ3v) is 2.32. The van der Waals surface area contributed by atoms with E-state index in [1.54, 1.807) is 7.11 Å². The molecule has 1 aromatic rings. The van der Waals surface area contributed by atoms with Gasteiger partial charge in [-0.3, -0.25) is 0 Å². The molecular formula is C12H18ClNO2. The van der Waals surface area contributed by atoms with Crippen LogP contribution in [0.2, 0.25) is 5.02 Å². The van der Waals surface area contributed by atoms with Gasteiger partial charge in [0.2, 0.25) is 0 Å². The van der Waals surface area contributed by atoms with E-state index in [0.717, 1.165) is 36.9 Å². The van der Waals surface area contributed by atoms with Gasteiger partial charge in [0.15, 0.2) is 0 Å². The van der Waals surface area contributed by atoms with Crippen molar-refractivity contribution in [2.45, 2.75) is 6.42 Å². The minimum Gasteiger partial charge on any atom is -0.494 e. The van der Waals surface area contributed by atoms with E-state index in [4.69, 9.17) is 21.1 Å². The number of rotatable bonds is 8. The van der Waals surface area contributed by atoms with Crippen LogP contribution in [0, 0.1) is 0 Å². The number of nitrogens with one attached hydrogen (secondary N) is 1. The summed E-state index contributed by atoms with van der Waals surface area (Å²) in [7, 11) is 1.70. The van der Waals surface area contributed by atoms with E-state index in [1.807, 2.05) is 24.3 Å². The molecule has 0 saturated carbocycles. The van der Waals surface area contributed by atoms with Crippen LogP contribution in [-0.2, 0) is 4.74 Å². The first-order valence-electron chi connectivity index (χ1n) is 5.41. The third-order valence-electron chi connectivity index (χ3n) is 2.06. The summed E-state index contributed by atoms with van der Waals surface area (Å²) in [4.78, 5) is 0. The van der Waals surface area contributed by atoms with Crippen LogP contribution in [0.3, 0.4) is 0 Å². The van der Waals surface area contributed by atoms with Crippen LogP contribution < -0.4 is 10.1 Å². The highest BCUT2D eigenvalue weighted by atomic mass is 35.5. The van der Waals surface area contributed by atoms with Crippen molar-refractivity contribution in [3.63, 3.8) is 0 Å². The Hall–Kier alpha value is -0.770. The summed E-state index contributed by atoms with van der Waals surface area (Å²) >= 11 is 5.77. The van der Waals surface area contributed by atoms with Crippen LogP contribution in [0.4, 0.5) is 0 Å². The molecule has 0 spiro atoms. The van der Waals surface area contributed by atoms with Crippen LogP contribution in [0.5, 0.6) is 5.75 Å². The molecule has 0 aliphatic carbocycles. The molecule has 0 amide bonds. The van der Waals surface area contributed by atoms with Gasteiger partial charge >= 0.3 is 0 Å². The van der Waals surface area contributed by atoms with E-state index in [2.05, 4.69) is 5.32 Å². The fourth-order valence-corrected chi connectivity index (χ4v) is 1.34. The summed E-state index contributed by atoms with van der Waals surface area (Å²) < 4.78 is 10.5. The third kappa shape index (κ3) is 5.95. The molecule has 0 radical (unpaired) electrons. The van der Waals surface area contributed by atoms with Gasteiger partial charge in [0, 0.05) is 18.7 Å². The largest absolute Gasteiger partial charge is 0.494 e. The van der Waals surface area contributed by atoms with E-state index in [0.29, 0.717) is 6.61 Å². The highest BCUT2D eigenvalue weighted by Crippen LogP contribution is 2.15. The first-order chi connectivity index (χ1) is 7.83. The zero-order valence-corrected chi connectivity index (χ0v) is 10.3. The number of hydrogen-bond donors (Lipinski definition) is 1. The zero-order chi connectivity index (χ0) is 11.6. The van der Waals surface area contributed by atoms with Gasteiger partial charge in [-0.15, -0.1) is 0 Å². The SMILES string of the molecule is COCCNCCCOc1ccc(Cl)cc1. The highest BCUT2D eigenvalue weighted by Gasteiger charge is 1.93. The van der Waals surface area contributed by atoms with Crippen molar-refractivity contribution < 1.29 is 9.47 Å². The predicted octanol–water partition coefficient (Wildman–Crippen LogP) is 2.34. The molecule has 0 heterocycles. The summed E-state index contributed by atoms with van der Waals surface area (Å²) in [5, 5.41) is 3.99. The van der Waals surface area contributed by atoms with Crippen LogP contribution in [0.15, 0.2) is 24.3 Å². The van der Waals surface area contributed by atoms with Gasteiger partial charge in [0.25, 0.3) is 0 Å². The molecule has 90 valence electrons. The quantitative estimate of drug-likeness (QED) is 0.711. The lowest BCUT2D eigenvalue weighted by molar-refractivity contribution is 0.198. The Morgan fingerprint density at radius 3 is 2.56 bits per heavy atom. The Balaban J connectivity index is 2.01. The fraction of sp³-hybridized carbons (Fsp3) is 0.500. The summed E-state index contributed by atoms with van der Waals surface area (Å²) in [5.41, 5.74) is 0. The molecule has 1 N–H and O–H groups in total. The molecule has 0 aliphatic rings. The molecule has 0 bridgehead atoms. The maximum atomic E-state index is 5.77. The zero-order valence-electron chi connectivity index (χ0n) is 9.54. The Kier molecular flexibility index (Phi) is 6.97. The van der Waals surface area contributed by atoms with E-state index in [9.17, 15) is 0 Å². The smallest absolute Gasteiger partial charge is 0.119 e. The van der Waals surface area contributed by atoms with Gasteiger partial charge in [-0.2, -0.15) is 0 Å². The Morgan fingerprint density at radius 1 is 1.12 bits per heavy atom. The normalized spacial score (nSPS) is 10.4. The minimum absolute atomic E-state index is 0.710. The van der Waals surface area contributed by atoms with Crippen LogP contribution in [0.1, 0.15) is 6.42 Å². The van der Waals surface area contributed by atoms with E-state index >= 15 is 0 Å². The van der Waals surface area contributed by atoms with Gasteiger partial charge in [0.1, 0.15) is 5.75 Å². The lowest BCUT2D eigenvalue weighted by atomic mass is 10.3. The van der Waals surface area contributed by atoms with Gasteiger partial charge in [0.05, 0.1) is 13.2 Å². The molecule has 1 rings (SSSR count). The van der Waals surface area contributed by atoms with Crippen molar-refractivity contribution in [3.05, 3.63) is 29.3 Å². The molecule has 16 heavy (non-hydrogen) atoms. The molecule has 4 heteroatoms. The van der Waals surface area contributed by atoms with Crippen molar-refractivity contribution in [1.82, 2.24) is 5.32 Å². The molecule has 0 fully saturated rings. The Labute approximate surface area is 102 Å². The highest BCUT2D eigenvalue weighted by molar-refractivity contribution is 6.30. The first kappa shape index (κ1) is 13.3. The Bertz CT molecular complexity index is 277. The Morgan fingerprint density at radius 2 is 1.88 bits per heavy atom. The first-order valence-corrected chi connectivity index (χ1v) is 5.79. The van der Waals surface area contributed by atoms with Gasteiger partial charge in [-0.25, -0.2) is 0 Å². The number of ether oxygens (including phenoxy) is 2. The molecule has 0 atom stereocenters. The van der Waals surface area contributed by atoms with Gasteiger partial charge in [-0.1, -0.05) is 11.6 Å². The van der Waals surface area contributed by atoms with E-state index < -0.39 is 0 Å². The number of benzene rings is 1. The molecule has 0 aliphatic heterocycles. The average molecular weight is 244 g/mol. The molecular weight excluding hydrogens is 226 g/mol. The summed E-state index contributed by atoms with van der Waals surface area (Å²) in [6, 6.07) is 7.41. The van der Waals surface area contributed by atoms with Crippen molar-refractivity contribution in [3.8, 4) is 5.75 Å². The minimum atomic E-state index is 0.710. The molecule has 0 saturated heterocycles. The second kappa shape index (κ2) is 8.39. The summed E-state index contributed by atoms with van der Waals surface area (Å²) in [6.07, 6.45) is 0.979. The lowest BCUT2D eigenvalue weighted by Gasteiger charge is -2.06. The van der Waals surface area contributed by atoms with Crippen LogP contribution >= 0.6 is 11.6 Å². The van der Waals surface area contributed by atoms with Crippen molar-refractivity contribution in [2.75, 3.05) is 33.4 Å². The predicted molar refractivity (Wildman–Crippen MR) is 66.3 cm³/mol. The standard InChI is InChI=1S/C12H18ClNO2/c1-15-10-8-14-7-2-9-16-12-5-3-11(13)4-6-12/h3-6,14H,2,7-10H2,1H3. The lowest BCUT2D eigenvalue weighted by Crippen LogP contribution is -2.21. The van der Waals surface area contributed by atoms with E-state index in [1.165, 1.54) is 0 Å². The second-order valence-electron chi connectivity index (χ2n) is 3.40. The van der Waals surface area contributed by atoms with Crippen LogP contribution in [-0.4, -0.2) is 33.4 Å². The van der Waals surface area contributed by atoms with Crippen molar-refractivity contribution >= 4 is 11.6 Å². The van der Waals surface area contributed by atoms with Crippen molar-refractivity contribution in [1.29, 1.82) is 0 Å². The number of methoxy groups -OCH3 is 1. The monoisotopic (exact) mass is 243 g/mol. The van der Waals surface area contributed by atoms with Crippen molar-refractivity contribution in [2.24, 2.45) is 0 Å². The van der Waals surface area contributed by atoms with Gasteiger partial charge < -0.3 is 14.8 Å². The fourth-order valence-electron chi connectivity index (χ4n) is 1.22. The maximum Gasteiger partial charge on any atom is 0.119 e. The second-order valence-corrected chi connectivity index (χ2v) is 3.84.